The van der Waals surface area contributed by atoms with Gasteiger partial charge in [-0.3, -0.25) is 4.79 Å². The fourth-order valence-electron chi connectivity index (χ4n) is 3.03. The normalized spacial score (nSPS) is 10.9. The van der Waals surface area contributed by atoms with Crippen molar-refractivity contribution >= 4 is 40.2 Å². The smallest absolute Gasteiger partial charge is 0.353 e. The number of phenols is 1. The van der Waals surface area contributed by atoms with Crippen LogP contribution in [0.3, 0.4) is 0 Å². The second kappa shape index (κ2) is 9.32. The lowest BCUT2D eigenvalue weighted by atomic mass is 10.1. The van der Waals surface area contributed by atoms with Crippen LogP contribution in [-0.2, 0) is 0 Å². The number of rotatable bonds is 6. The molecule has 1 heterocycles. The lowest BCUT2D eigenvalue weighted by Crippen LogP contribution is -2.17. The standard InChI is InChI=1S/C24H18N2O5S/c1-30-21-11-15(8-9-20(21)31-24(29)22-7-4-10-32-22)14-25-26-23(28)18-12-16-5-2-3-6-17(16)13-19(18)27/h2-14,27H,1H3,(H,26,28). The minimum Gasteiger partial charge on any atom is -0.507 e. The van der Waals surface area contributed by atoms with Crippen molar-refractivity contribution in [1.82, 2.24) is 5.43 Å². The van der Waals surface area contributed by atoms with Crippen LogP contribution in [-0.4, -0.2) is 30.3 Å². The summed E-state index contributed by atoms with van der Waals surface area (Å²) in [5, 5.41) is 17.6. The Hall–Kier alpha value is -4.17. The molecular formula is C24H18N2O5S. The molecule has 0 unspecified atom stereocenters. The summed E-state index contributed by atoms with van der Waals surface area (Å²) < 4.78 is 10.7. The van der Waals surface area contributed by atoms with Gasteiger partial charge < -0.3 is 14.6 Å². The number of amides is 1. The zero-order valence-corrected chi connectivity index (χ0v) is 17.8. The lowest BCUT2D eigenvalue weighted by Gasteiger charge is -2.09. The Morgan fingerprint density at radius 2 is 1.78 bits per heavy atom. The third-order valence-electron chi connectivity index (χ3n) is 4.60. The van der Waals surface area contributed by atoms with Crippen molar-refractivity contribution in [3.8, 4) is 17.2 Å². The third-order valence-corrected chi connectivity index (χ3v) is 5.45. The number of carbonyl (C=O) groups excluding carboxylic acids is 2. The molecule has 0 saturated heterocycles. The summed E-state index contributed by atoms with van der Waals surface area (Å²) >= 11 is 1.29. The molecule has 0 atom stereocenters. The number of hydrazone groups is 1. The van der Waals surface area contributed by atoms with E-state index in [-0.39, 0.29) is 17.1 Å². The molecule has 4 aromatic rings. The average molecular weight is 446 g/mol. The van der Waals surface area contributed by atoms with Crippen LogP contribution in [0.5, 0.6) is 17.2 Å². The van der Waals surface area contributed by atoms with Crippen molar-refractivity contribution in [2.24, 2.45) is 5.10 Å². The Kier molecular flexibility index (Phi) is 6.14. The monoisotopic (exact) mass is 446 g/mol. The van der Waals surface area contributed by atoms with E-state index in [0.29, 0.717) is 16.2 Å². The Bertz CT molecular complexity index is 1320. The molecule has 4 rings (SSSR count). The van der Waals surface area contributed by atoms with Crippen molar-refractivity contribution in [3.05, 3.63) is 88.1 Å². The second-order valence-corrected chi connectivity index (χ2v) is 7.64. The molecule has 3 aromatic carbocycles. The molecule has 32 heavy (non-hydrogen) atoms. The number of nitrogens with one attached hydrogen (secondary N) is 1. The van der Waals surface area contributed by atoms with Crippen molar-refractivity contribution in [3.63, 3.8) is 0 Å². The van der Waals surface area contributed by atoms with Gasteiger partial charge in [0, 0.05) is 0 Å². The van der Waals surface area contributed by atoms with Crippen LogP contribution in [0.2, 0.25) is 0 Å². The highest BCUT2D eigenvalue weighted by Crippen LogP contribution is 2.29. The number of ether oxygens (including phenoxy) is 2. The van der Waals surface area contributed by atoms with E-state index in [1.807, 2.05) is 24.3 Å². The van der Waals surface area contributed by atoms with Gasteiger partial charge in [0.2, 0.25) is 0 Å². The Morgan fingerprint density at radius 3 is 2.50 bits per heavy atom. The first kappa shape index (κ1) is 21.1. The van der Waals surface area contributed by atoms with E-state index >= 15 is 0 Å². The first-order valence-electron chi connectivity index (χ1n) is 9.54. The second-order valence-electron chi connectivity index (χ2n) is 6.69. The van der Waals surface area contributed by atoms with Gasteiger partial charge in [-0.05, 0) is 58.1 Å². The first-order valence-corrected chi connectivity index (χ1v) is 10.4. The predicted molar refractivity (Wildman–Crippen MR) is 123 cm³/mol. The van der Waals surface area contributed by atoms with Gasteiger partial charge in [0.15, 0.2) is 11.5 Å². The lowest BCUT2D eigenvalue weighted by molar-refractivity contribution is 0.0734. The van der Waals surface area contributed by atoms with Crippen LogP contribution in [0, 0.1) is 0 Å². The number of aromatic hydroxyl groups is 1. The molecule has 0 aliphatic heterocycles. The highest BCUT2D eigenvalue weighted by Gasteiger charge is 2.14. The molecule has 0 aliphatic carbocycles. The maximum atomic E-state index is 12.4. The molecule has 7 nitrogen and oxygen atoms in total. The van der Waals surface area contributed by atoms with Gasteiger partial charge in [0.05, 0.1) is 18.9 Å². The van der Waals surface area contributed by atoms with E-state index in [4.69, 9.17) is 9.47 Å². The van der Waals surface area contributed by atoms with E-state index in [9.17, 15) is 14.7 Å². The number of phenolic OH excluding ortho intramolecular Hbond substituents is 1. The van der Waals surface area contributed by atoms with Gasteiger partial charge in [0.25, 0.3) is 5.91 Å². The minimum absolute atomic E-state index is 0.120. The van der Waals surface area contributed by atoms with Gasteiger partial charge in [0.1, 0.15) is 10.6 Å². The van der Waals surface area contributed by atoms with Gasteiger partial charge in [-0.2, -0.15) is 5.10 Å². The van der Waals surface area contributed by atoms with Crippen LogP contribution < -0.4 is 14.9 Å². The summed E-state index contributed by atoms with van der Waals surface area (Å²) in [6.45, 7) is 0. The number of fused-ring (bicyclic) bond motifs is 1. The molecule has 0 spiro atoms. The largest absolute Gasteiger partial charge is 0.507 e. The topological polar surface area (TPSA) is 97.2 Å². The number of carbonyl (C=O) groups is 2. The number of nitrogens with zero attached hydrogens (tertiary/aromatic N) is 1. The number of esters is 1. The van der Waals surface area contributed by atoms with E-state index in [1.165, 1.54) is 30.7 Å². The van der Waals surface area contributed by atoms with Crippen LogP contribution in [0.15, 0.2) is 77.2 Å². The van der Waals surface area contributed by atoms with Crippen molar-refractivity contribution in [2.45, 2.75) is 0 Å². The summed E-state index contributed by atoms with van der Waals surface area (Å²) in [5.74, 6) is -0.527. The van der Waals surface area contributed by atoms with Crippen molar-refractivity contribution in [1.29, 1.82) is 0 Å². The van der Waals surface area contributed by atoms with E-state index < -0.39 is 11.9 Å². The molecule has 2 N–H and O–H groups in total. The zero-order valence-electron chi connectivity index (χ0n) is 16.9. The van der Waals surface area contributed by atoms with Crippen molar-refractivity contribution < 1.29 is 24.2 Å². The molecular weight excluding hydrogens is 428 g/mol. The molecule has 160 valence electrons. The van der Waals surface area contributed by atoms with Gasteiger partial charge in [-0.1, -0.05) is 30.3 Å². The Morgan fingerprint density at radius 1 is 1.00 bits per heavy atom. The number of benzene rings is 3. The molecule has 0 aliphatic rings. The van der Waals surface area contributed by atoms with Crippen LogP contribution >= 0.6 is 11.3 Å². The minimum atomic E-state index is -0.544. The summed E-state index contributed by atoms with van der Waals surface area (Å²) in [6, 6.07) is 18.9. The number of hydrogen-bond acceptors (Lipinski definition) is 7. The van der Waals surface area contributed by atoms with E-state index in [1.54, 1.807) is 41.8 Å². The Labute approximate surface area is 187 Å². The summed E-state index contributed by atoms with van der Waals surface area (Å²) in [4.78, 5) is 25.1. The van der Waals surface area contributed by atoms with Crippen LogP contribution in [0.4, 0.5) is 0 Å². The molecule has 1 aromatic heterocycles. The Balaban J connectivity index is 1.46. The molecule has 0 fully saturated rings. The fraction of sp³-hybridized carbons (Fsp3) is 0.0417. The van der Waals surface area contributed by atoms with E-state index in [0.717, 1.165) is 10.8 Å². The van der Waals surface area contributed by atoms with Gasteiger partial charge in [-0.15, -0.1) is 11.3 Å². The molecule has 0 radical (unpaired) electrons. The molecule has 0 bridgehead atoms. The quantitative estimate of drug-likeness (QED) is 0.195. The number of thiophene rings is 1. The van der Waals surface area contributed by atoms with Crippen LogP contribution in [0.25, 0.3) is 10.8 Å². The van der Waals surface area contributed by atoms with Gasteiger partial charge >= 0.3 is 5.97 Å². The number of methoxy groups -OCH3 is 1. The summed E-state index contributed by atoms with van der Waals surface area (Å²) in [6.07, 6.45) is 1.42. The summed E-state index contributed by atoms with van der Waals surface area (Å²) in [7, 11) is 1.46. The number of hydrogen-bond donors (Lipinski definition) is 2. The summed E-state index contributed by atoms with van der Waals surface area (Å²) in [5.41, 5.74) is 3.13. The molecule has 1 amide bonds. The SMILES string of the molecule is COc1cc(C=NNC(=O)c2cc3ccccc3cc2O)ccc1OC(=O)c1cccs1. The fourth-order valence-corrected chi connectivity index (χ4v) is 3.63. The maximum Gasteiger partial charge on any atom is 0.353 e. The highest BCUT2D eigenvalue weighted by atomic mass is 32.1. The van der Waals surface area contributed by atoms with E-state index in [2.05, 4.69) is 10.5 Å². The molecule has 0 saturated carbocycles. The van der Waals surface area contributed by atoms with Crippen molar-refractivity contribution in [2.75, 3.05) is 7.11 Å². The zero-order chi connectivity index (χ0) is 22.5. The molecule has 8 heteroatoms. The predicted octanol–water partition coefficient (Wildman–Crippen LogP) is 4.60. The van der Waals surface area contributed by atoms with Gasteiger partial charge in [-0.25, -0.2) is 10.2 Å². The third kappa shape index (κ3) is 4.60. The first-order chi connectivity index (χ1) is 15.5. The highest BCUT2D eigenvalue weighted by molar-refractivity contribution is 7.12. The van der Waals surface area contributed by atoms with Crippen LogP contribution in [0.1, 0.15) is 25.6 Å². The maximum absolute atomic E-state index is 12.4. The average Bonchev–Trinajstić information content (AvgIpc) is 3.34.